The summed E-state index contributed by atoms with van der Waals surface area (Å²) in [5.74, 6) is -0.279. The van der Waals surface area contributed by atoms with E-state index in [0.717, 1.165) is 15.7 Å². The molecule has 3 nitrogen and oxygen atoms in total. The van der Waals surface area contributed by atoms with Crippen LogP contribution in [0.25, 0.3) is 0 Å². The number of hydrogen-bond donors (Lipinski definition) is 1. The summed E-state index contributed by atoms with van der Waals surface area (Å²) in [7, 11) is 0. The average Bonchev–Trinajstić information content (AvgIpc) is 2.69. The first-order valence-corrected chi connectivity index (χ1v) is 6.56. The van der Waals surface area contributed by atoms with Gasteiger partial charge < -0.3 is 5.73 Å². The molecule has 96 valence electrons. The van der Waals surface area contributed by atoms with Gasteiger partial charge in [0.15, 0.2) is 0 Å². The fraction of sp³-hybridized carbons (Fsp3) is 0.308. The van der Waals surface area contributed by atoms with Crippen molar-refractivity contribution in [3.63, 3.8) is 0 Å². The standard InChI is InChI=1S/C13H15BrFN3/c1-3-18-13(10(14)7-17-18)12(16)9-5-4-8(2)6-11(9)15/h4-7,12H,3,16H2,1-2H3. The summed E-state index contributed by atoms with van der Waals surface area (Å²) in [6.45, 7) is 4.52. The van der Waals surface area contributed by atoms with Crippen LogP contribution in [0.1, 0.15) is 29.8 Å². The highest BCUT2D eigenvalue weighted by atomic mass is 79.9. The molecule has 2 aromatic rings. The van der Waals surface area contributed by atoms with Crippen LogP contribution in [0.4, 0.5) is 4.39 Å². The first kappa shape index (κ1) is 13.2. The zero-order chi connectivity index (χ0) is 13.3. The lowest BCUT2D eigenvalue weighted by Crippen LogP contribution is -2.19. The lowest BCUT2D eigenvalue weighted by molar-refractivity contribution is 0.566. The van der Waals surface area contributed by atoms with E-state index in [-0.39, 0.29) is 5.82 Å². The van der Waals surface area contributed by atoms with Crippen LogP contribution in [-0.4, -0.2) is 9.78 Å². The van der Waals surface area contributed by atoms with E-state index >= 15 is 0 Å². The lowest BCUT2D eigenvalue weighted by Gasteiger charge is -2.15. The molecule has 0 aliphatic heterocycles. The number of aromatic nitrogens is 2. The smallest absolute Gasteiger partial charge is 0.128 e. The monoisotopic (exact) mass is 311 g/mol. The van der Waals surface area contributed by atoms with Crippen molar-refractivity contribution < 1.29 is 4.39 Å². The van der Waals surface area contributed by atoms with Crippen LogP contribution >= 0.6 is 15.9 Å². The van der Waals surface area contributed by atoms with Crippen molar-refractivity contribution in [3.8, 4) is 0 Å². The molecule has 18 heavy (non-hydrogen) atoms. The Hall–Kier alpha value is -1.20. The van der Waals surface area contributed by atoms with Gasteiger partial charge in [0.05, 0.1) is 22.4 Å². The van der Waals surface area contributed by atoms with Crippen LogP contribution in [-0.2, 0) is 6.54 Å². The molecule has 0 spiro atoms. The molecule has 1 aromatic carbocycles. The van der Waals surface area contributed by atoms with Crippen molar-refractivity contribution in [1.82, 2.24) is 9.78 Å². The third-order valence-electron chi connectivity index (χ3n) is 2.92. The van der Waals surface area contributed by atoms with Gasteiger partial charge in [-0.2, -0.15) is 5.10 Å². The van der Waals surface area contributed by atoms with E-state index in [1.54, 1.807) is 16.9 Å². The van der Waals surface area contributed by atoms with Gasteiger partial charge in [-0.25, -0.2) is 4.39 Å². The molecule has 0 radical (unpaired) electrons. The summed E-state index contributed by atoms with van der Waals surface area (Å²) in [6, 6.07) is 4.56. The Morgan fingerprint density at radius 1 is 1.50 bits per heavy atom. The largest absolute Gasteiger partial charge is 0.319 e. The Bertz CT molecular complexity index is 565. The number of aryl methyl sites for hydroxylation is 2. The van der Waals surface area contributed by atoms with Crippen molar-refractivity contribution in [1.29, 1.82) is 0 Å². The summed E-state index contributed by atoms with van der Waals surface area (Å²) in [6.07, 6.45) is 1.69. The number of benzene rings is 1. The highest BCUT2D eigenvalue weighted by molar-refractivity contribution is 9.10. The number of nitrogens with two attached hydrogens (primary N) is 1. The molecule has 1 heterocycles. The van der Waals surface area contributed by atoms with E-state index in [4.69, 9.17) is 5.73 Å². The van der Waals surface area contributed by atoms with E-state index in [0.29, 0.717) is 12.1 Å². The number of rotatable bonds is 3. The summed E-state index contributed by atoms with van der Waals surface area (Å²) >= 11 is 3.41. The first-order chi connectivity index (χ1) is 8.54. The highest BCUT2D eigenvalue weighted by Crippen LogP contribution is 2.28. The normalized spacial score (nSPS) is 12.7. The van der Waals surface area contributed by atoms with Crippen molar-refractivity contribution in [2.24, 2.45) is 5.73 Å². The molecule has 0 saturated heterocycles. The van der Waals surface area contributed by atoms with Crippen molar-refractivity contribution in [2.75, 3.05) is 0 Å². The third kappa shape index (κ3) is 2.33. The molecule has 2 N–H and O–H groups in total. The molecule has 0 saturated carbocycles. The molecule has 0 fully saturated rings. The minimum absolute atomic E-state index is 0.279. The fourth-order valence-electron chi connectivity index (χ4n) is 1.96. The van der Waals surface area contributed by atoms with E-state index in [2.05, 4.69) is 21.0 Å². The fourth-order valence-corrected chi connectivity index (χ4v) is 2.51. The van der Waals surface area contributed by atoms with Gasteiger partial charge in [0.25, 0.3) is 0 Å². The van der Waals surface area contributed by atoms with Crippen molar-refractivity contribution >= 4 is 15.9 Å². The van der Waals surface area contributed by atoms with Gasteiger partial charge >= 0.3 is 0 Å². The summed E-state index contributed by atoms with van der Waals surface area (Å²) < 4.78 is 16.5. The molecule has 1 unspecified atom stereocenters. The predicted molar refractivity (Wildman–Crippen MR) is 72.8 cm³/mol. The maximum absolute atomic E-state index is 13.9. The Morgan fingerprint density at radius 3 is 2.83 bits per heavy atom. The Kier molecular flexibility index (Phi) is 3.82. The molecule has 1 aromatic heterocycles. The van der Waals surface area contributed by atoms with E-state index in [1.807, 2.05) is 19.9 Å². The van der Waals surface area contributed by atoms with Gasteiger partial charge in [0, 0.05) is 12.1 Å². The van der Waals surface area contributed by atoms with Crippen molar-refractivity contribution in [3.05, 3.63) is 51.5 Å². The second-order valence-electron chi connectivity index (χ2n) is 4.20. The molecule has 0 aliphatic rings. The highest BCUT2D eigenvalue weighted by Gasteiger charge is 2.20. The van der Waals surface area contributed by atoms with Crippen LogP contribution < -0.4 is 5.73 Å². The predicted octanol–water partition coefficient (Wildman–Crippen LogP) is 3.16. The van der Waals surface area contributed by atoms with Crippen LogP contribution in [0.5, 0.6) is 0 Å². The second kappa shape index (κ2) is 5.20. The Labute approximate surface area is 114 Å². The molecule has 0 bridgehead atoms. The third-order valence-corrected chi connectivity index (χ3v) is 3.53. The number of nitrogens with zero attached hydrogens (tertiary/aromatic N) is 2. The average molecular weight is 312 g/mol. The maximum atomic E-state index is 13.9. The van der Waals surface area contributed by atoms with E-state index < -0.39 is 6.04 Å². The van der Waals surface area contributed by atoms with E-state index in [9.17, 15) is 4.39 Å². The molecular formula is C13H15BrFN3. The van der Waals surface area contributed by atoms with Gasteiger partial charge in [0.2, 0.25) is 0 Å². The van der Waals surface area contributed by atoms with Crippen molar-refractivity contribution in [2.45, 2.75) is 26.4 Å². The quantitative estimate of drug-likeness (QED) is 0.946. The summed E-state index contributed by atoms with van der Waals surface area (Å²) in [4.78, 5) is 0. The summed E-state index contributed by atoms with van der Waals surface area (Å²) in [5.41, 5.74) is 8.31. The lowest BCUT2D eigenvalue weighted by atomic mass is 10.0. The first-order valence-electron chi connectivity index (χ1n) is 5.77. The van der Waals surface area contributed by atoms with Gasteiger partial charge in [-0.05, 0) is 41.4 Å². The Balaban J connectivity index is 2.47. The molecule has 5 heteroatoms. The second-order valence-corrected chi connectivity index (χ2v) is 5.05. The van der Waals surface area contributed by atoms with Gasteiger partial charge in [-0.15, -0.1) is 0 Å². The minimum atomic E-state index is -0.526. The molecule has 0 amide bonds. The van der Waals surface area contributed by atoms with Gasteiger partial charge in [0.1, 0.15) is 5.82 Å². The van der Waals surface area contributed by atoms with Crippen LogP contribution in [0.15, 0.2) is 28.9 Å². The van der Waals surface area contributed by atoms with Gasteiger partial charge in [-0.3, -0.25) is 4.68 Å². The zero-order valence-corrected chi connectivity index (χ0v) is 11.9. The maximum Gasteiger partial charge on any atom is 0.128 e. The molecular weight excluding hydrogens is 297 g/mol. The number of halogens is 2. The number of hydrogen-bond acceptors (Lipinski definition) is 2. The molecule has 0 aliphatic carbocycles. The Morgan fingerprint density at radius 2 is 2.22 bits per heavy atom. The SMILES string of the molecule is CCn1ncc(Br)c1C(N)c1ccc(C)cc1F. The molecule has 2 rings (SSSR count). The molecule has 1 atom stereocenters. The van der Waals surface area contributed by atoms with Crippen LogP contribution in [0, 0.1) is 12.7 Å². The summed E-state index contributed by atoms with van der Waals surface area (Å²) in [5, 5.41) is 4.20. The van der Waals surface area contributed by atoms with Gasteiger partial charge in [-0.1, -0.05) is 12.1 Å². The van der Waals surface area contributed by atoms with Crippen LogP contribution in [0.2, 0.25) is 0 Å². The minimum Gasteiger partial charge on any atom is -0.319 e. The van der Waals surface area contributed by atoms with Crippen LogP contribution in [0.3, 0.4) is 0 Å². The zero-order valence-electron chi connectivity index (χ0n) is 10.3. The van der Waals surface area contributed by atoms with E-state index in [1.165, 1.54) is 6.07 Å². The topological polar surface area (TPSA) is 43.8 Å².